The Morgan fingerprint density at radius 3 is 2.03 bits per heavy atom. The van der Waals surface area contributed by atoms with Gasteiger partial charge < -0.3 is 16.0 Å². The summed E-state index contributed by atoms with van der Waals surface area (Å²) in [6.07, 6.45) is 1.54. The molecular formula is C24H25N5O2. The van der Waals surface area contributed by atoms with Crippen molar-refractivity contribution >= 4 is 29.0 Å². The molecule has 0 radical (unpaired) electrons. The number of nitrogens with zero attached hydrogens (tertiary/aromatic N) is 2. The van der Waals surface area contributed by atoms with Gasteiger partial charge in [-0.25, -0.2) is 4.68 Å². The van der Waals surface area contributed by atoms with Gasteiger partial charge in [0.15, 0.2) is 0 Å². The van der Waals surface area contributed by atoms with Gasteiger partial charge >= 0.3 is 0 Å². The van der Waals surface area contributed by atoms with Gasteiger partial charge in [-0.15, -0.1) is 0 Å². The standard InChI is InChI=1S/C24H25N5O2/c1-15(2)21-20(24(31)28-18-12-8-5-9-13-18)16(3)26-22-19(14-25-29(21)22)23(30)27-17-10-6-4-7-11-17/h4-15,21,26H,1-3H3,(H,27,30)(H,28,31). The van der Waals surface area contributed by atoms with E-state index >= 15 is 0 Å². The van der Waals surface area contributed by atoms with Gasteiger partial charge in [0.1, 0.15) is 11.4 Å². The van der Waals surface area contributed by atoms with Crippen molar-refractivity contribution in [3.63, 3.8) is 0 Å². The van der Waals surface area contributed by atoms with E-state index in [1.807, 2.05) is 81.4 Å². The van der Waals surface area contributed by atoms with Crippen molar-refractivity contribution in [1.29, 1.82) is 0 Å². The summed E-state index contributed by atoms with van der Waals surface area (Å²) in [4.78, 5) is 26.0. The third-order valence-electron chi connectivity index (χ3n) is 5.25. The van der Waals surface area contributed by atoms with Gasteiger partial charge in [-0.3, -0.25) is 9.59 Å². The van der Waals surface area contributed by atoms with Gasteiger partial charge in [-0.05, 0) is 37.1 Å². The van der Waals surface area contributed by atoms with Crippen LogP contribution in [0.2, 0.25) is 0 Å². The molecule has 0 saturated carbocycles. The molecule has 2 aromatic carbocycles. The third kappa shape index (κ3) is 4.07. The molecule has 1 aliphatic rings. The first-order valence-corrected chi connectivity index (χ1v) is 10.2. The van der Waals surface area contributed by atoms with Crippen LogP contribution in [0.25, 0.3) is 0 Å². The fourth-order valence-corrected chi connectivity index (χ4v) is 3.81. The zero-order valence-corrected chi connectivity index (χ0v) is 17.7. The molecule has 1 aromatic heterocycles. The Morgan fingerprint density at radius 2 is 1.48 bits per heavy atom. The number of carbonyl (C=O) groups is 2. The van der Waals surface area contributed by atoms with E-state index in [1.165, 1.54) is 0 Å². The average molecular weight is 415 g/mol. The number of hydrogen-bond donors (Lipinski definition) is 3. The average Bonchev–Trinajstić information content (AvgIpc) is 3.17. The van der Waals surface area contributed by atoms with E-state index < -0.39 is 0 Å². The lowest BCUT2D eigenvalue weighted by molar-refractivity contribution is -0.113. The SMILES string of the molecule is CC1=C(C(=O)Nc2ccccc2)C(C(C)C)n2ncc(C(=O)Nc3ccccc3)c2N1. The van der Waals surface area contributed by atoms with Gasteiger partial charge in [-0.2, -0.15) is 5.10 Å². The molecule has 3 aromatic rings. The number of benzene rings is 2. The maximum Gasteiger partial charge on any atom is 0.261 e. The fraction of sp³-hybridized carbons (Fsp3) is 0.208. The summed E-state index contributed by atoms with van der Waals surface area (Å²) in [6.45, 7) is 5.92. The maximum atomic E-state index is 13.2. The van der Waals surface area contributed by atoms with Crippen molar-refractivity contribution in [2.24, 2.45) is 5.92 Å². The number of amides is 2. The molecule has 4 rings (SSSR count). The highest BCUT2D eigenvalue weighted by atomic mass is 16.2. The molecule has 2 amide bonds. The Labute approximate surface area is 181 Å². The van der Waals surface area contributed by atoms with Crippen LogP contribution < -0.4 is 16.0 Å². The number of aromatic nitrogens is 2. The third-order valence-corrected chi connectivity index (χ3v) is 5.25. The lowest BCUT2D eigenvalue weighted by Gasteiger charge is -2.32. The number of para-hydroxylation sites is 2. The molecule has 1 aliphatic heterocycles. The first kappa shape index (κ1) is 20.4. The molecule has 7 heteroatoms. The topological polar surface area (TPSA) is 88.0 Å². The summed E-state index contributed by atoms with van der Waals surface area (Å²) in [5.41, 5.74) is 3.16. The van der Waals surface area contributed by atoms with Gasteiger partial charge in [0.2, 0.25) is 0 Å². The van der Waals surface area contributed by atoms with Crippen molar-refractivity contribution in [2.75, 3.05) is 16.0 Å². The lowest BCUT2D eigenvalue weighted by Crippen LogP contribution is -2.33. The number of hydrogen-bond acceptors (Lipinski definition) is 4. The smallest absolute Gasteiger partial charge is 0.261 e. The Kier molecular flexibility index (Phi) is 5.58. The highest BCUT2D eigenvalue weighted by Crippen LogP contribution is 2.37. The van der Waals surface area contributed by atoms with Crippen LogP contribution in [0.15, 0.2) is 78.1 Å². The maximum absolute atomic E-state index is 13.2. The summed E-state index contributed by atoms with van der Waals surface area (Å²) in [6, 6.07) is 18.3. The summed E-state index contributed by atoms with van der Waals surface area (Å²) < 4.78 is 1.73. The molecule has 31 heavy (non-hydrogen) atoms. The van der Waals surface area contributed by atoms with E-state index in [2.05, 4.69) is 21.0 Å². The largest absolute Gasteiger partial charge is 0.343 e. The predicted octanol–water partition coefficient (Wildman–Crippen LogP) is 4.67. The molecule has 1 atom stereocenters. The number of allylic oxidation sites excluding steroid dienone is 1. The highest BCUT2D eigenvalue weighted by molar-refractivity contribution is 6.09. The summed E-state index contributed by atoms with van der Waals surface area (Å²) in [5, 5.41) is 13.6. The summed E-state index contributed by atoms with van der Waals surface area (Å²) in [7, 11) is 0. The Morgan fingerprint density at radius 1 is 0.935 bits per heavy atom. The zero-order valence-electron chi connectivity index (χ0n) is 17.7. The van der Waals surface area contributed by atoms with Crippen LogP contribution in [-0.4, -0.2) is 21.6 Å². The number of carbonyl (C=O) groups excluding carboxylic acids is 2. The van der Waals surface area contributed by atoms with Crippen molar-refractivity contribution < 1.29 is 9.59 Å². The minimum absolute atomic E-state index is 0.0808. The van der Waals surface area contributed by atoms with Crippen molar-refractivity contribution in [3.8, 4) is 0 Å². The van der Waals surface area contributed by atoms with E-state index in [0.717, 1.165) is 5.69 Å². The first-order chi connectivity index (χ1) is 15.0. The predicted molar refractivity (Wildman–Crippen MR) is 122 cm³/mol. The van der Waals surface area contributed by atoms with Crippen molar-refractivity contribution in [1.82, 2.24) is 9.78 Å². The molecule has 158 valence electrons. The minimum Gasteiger partial charge on any atom is -0.343 e. The highest BCUT2D eigenvalue weighted by Gasteiger charge is 2.35. The summed E-state index contributed by atoms with van der Waals surface area (Å²) >= 11 is 0. The molecule has 1 unspecified atom stereocenters. The number of rotatable bonds is 5. The monoisotopic (exact) mass is 415 g/mol. The molecule has 0 aliphatic carbocycles. The van der Waals surface area contributed by atoms with E-state index in [1.54, 1.807) is 10.9 Å². The van der Waals surface area contributed by atoms with E-state index in [4.69, 9.17) is 0 Å². The first-order valence-electron chi connectivity index (χ1n) is 10.2. The second kappa shape index (κ2) is 8.47. The van der Waals surface area contributed by atoms with Crippen molar-refractivity contribution in [2.45, 2.75) is 26.8 Å². The summed E-state index contributed by atoms with van der Waals surface area (Å²) in [5.74, 6) is 0.219. The van der Waals surface area contributed by atoms with E-state index in [9.17, 15) is 9.59 Å². The minimum atomic E-state index is -0.307. The molecule has 0 saturated heterocycles. The van der Waals surface area contributed by atoms with E-state index in [-0.39, 0.29) is 23.8 Å². The number of anilines is 3. The van der Waals surface area contributed by atoms with Gasteiger partial charge in [0.25, 0.3) is 11.8 Å². The number of fused-ring (bicyclic) bond motifs is 1. The van der Waals surface area contributed by atoms with Crippen LogP contribution in [0.3, 0.4) is 0 Å². The van der Waals surface area contributed by atoms with Crippen LogP contribution >= 0.6 is 0 Å². The second-order valence-electron chi connectivity index (χ2n) is 7.84. The Balaban J connectivity index is 1.65. The van der Waals surface area contributed by atoms with Crippen LogP contribution in [0.1, 0.15) is 37.2 Å². The molecule has 0 bridgehead atoms. The zero-order chi connectivity index (χ0) is 22.0. The van der Waals surface area contributed by atoms with Gasteiger partial charge in [-0.1, -0.05) is 50.2 Å². The Hall–Kier alpha value is -3.87. The lowest BCUT2D eigenvalue weighted by atomic mass is 9.92. The second-order valence-corrected chi connectivity index (χ2v) is 7.84. The molecule has 7 nitrogen and oxygen atoms in total. The normalized spacial score (nSPS) is 15.3. The van der Waals surface area contributed by atoms with Crippen LogP contribution in [0, 0.1) is 5.92 Å². The van der Waals surface area contributed by atoms with Crippen LogP contribution in [0.4, 0.5) is 17.2 Å². The molecule has 0 spiro atoms. The Bertz CT molecular complexity index is 1130. The van der Waals surface area contributed by atoms with Crippen molar-refractivity contribution in [3.05, 3.63) is 83.7 Å². The van der Waals surface area contributed by atoms with Gasteiger partial charge in [0, 0.05) is 17.1 Å². The number of nitrogens with one attached hydrogen (secondary N) is 3. The quantitative estimate of drug-likeness (QED) is 0.565. The molecule has 3 N–H and O–H groups in total. The fourth-order valence-electron chi connectivity index (χ4n) is 3.81. The molecular weight excluding hydrogens is 390 g/mol. The van der Waals surface area contributed by atoms with Crippen LogP contribution in [-0.2, 0) is 4.79 Å². The molecule has 0 fully saturated rings. The van der Waals surface area contributed by atoms with E-state index in [0.29, 0.717) is 28.3 Å². The van der Waals surface area contributed by atoms with Crippen LogP contribution in [0.5, 0.6) is 0 Å². The molecule has 2 heterocycles. The van der Waals surface area contributed by atoms with Gasteiger partial charge in [0.05, 0.1) is 17.8 Å².